The van der Waals surface area contributed by atoms with E-state index in [1.807, 2.05) is 7.05 Å². The summed E-state index contributed by atoms with van der Waals surface area (Å²) in [6, 6.07) is 0.393. The molecule has 3 unspecified atom stereocenters. The van der Waals surface area contributed by atoms with E-state index in [0.29, 0.717) is 33.0 Å². The van der Waals surface area contributed by atoms with E-state index in [9.17, 15) is 13.6 Å². The van der Waals surface area contributed by atoms with Crippen molar-refractivity contribution in [1.29, 1.82) is 0 Å². The summed E-state index contributed by atoms with van der Waals surface area (Å²) in [6.07, 6.45) is 1.60. The minimum atomic E-state index is -3.41. The lowest BCUT2D eigenvalue weighted by molar-refractivity contribution is -0.179. The highest BCUT2D eigenvalue weighted by atomic mass is 19.3. The molecule has 0 saturated carbocycles. The normalized spacial score (nSPS) is 33.9. The Morgan fingerprint density at radius 1 is 1.39 bits per heavy atom. The Labute approximate surface area is 105 Å². The van der Waals surface area contributed by atoms with Crippen LogP contribution in [0.4, 0.5) is 8.78 Å². The molecule has 2 aliphatic rings. The van der Waals surface area contributed by atoms with Crippen LogP contribution in [0, 0.1) is 0 Å². The van der Waals surface area contributed by atoms with E-state index in [1.54, 1.807) is 0 Å². The molecule has 0 aromatic rings. The average Bonchev–Trinajstić information content (AvgIpc) is 2.38. The minimum absolute atomic E-state index is 0.148. The van der Waals surface area contributed by atoms with Gasteiger partial charge in [0, 0.05) is 38.5 Å². The van der Waals surface area contributed by atoms with Gasteiger partial charge in [0.15, 0.2) is 0 Å². The molecule has 104 valence electrons. The Morgan fingerprint density at radius 2 is 2.06 bits per heavy atom. The van der Waals surface area contributed by atoms with Crippen molar-refractivity contribution in [3.63, 3.8) is 0 Å². The lowest BCUT2D eigenvalue weighted by Crippen LogP contribution is -2.50. The Kier molecular flexibility index (Phi) is 3.87. The number of likely N-dealkylation sites (N-methyl/N-ethyl adjacent to an activating group) is 1. The predicted molar refractivity (Wildman–Crippen MR) is 60.5 cm³/mol. The van der Waals surface area contributed by atoms with Crippen molar-refractivity contribution in [2.75, 3.05) is 20.3 Å². The van der Waals surface area contributed by atoms with Crippen molar-refractivity contribution in [2.45, 2.75) is 50.3 Å². The quantitative estimate of drug-likeness (QED) is 0.707. The molecule has 0 aromatic carbocycles. The summed E-state index contributed by atoms with van der Waals surface area (Å²) in [4.78, 5) is 13.4. The second-order valence-corrected chi connectivity index (χ2v) is 5.22. The highest BCUT2D eigenvalue weighted by molar-refractivity contribution is 5.77. The van der Waals surface area contributed by atoms with Crippen molar-refractivity contribution in [2.24, 2.45) is 0 Å². The van der Waals surface area contributed by atoms with Gasteiger partial charge in [0.25, 0.3) is 0 Å². The van der Waals surface area contributed by atoms with Crippen LogP contribution in [0.1, 0.15) is 26.2 Å². The van der Waals surface area contributed by atoms with Gasteiger partial charge >= 0.3 is 11.9 Å². The van der Waals surface area contributed by atoms with Crippen molar-refractivity contribution in [3.05, 3.63) is 0 Å². The summed E-state index contributed by atoms with van der Waals surface area (Å²) >= 11 is 0. The Balaban J connectivity index is 1.98. The molecule has 0 aromatic heterocycles. The summed E-state index contributed by atoms with van der Waals surface area (Å²) in [6.45, 7) is 1.82. The van der Waals surface area contributed by atoms with Crippen molar-refractivity contribution in [1.82, 2.24) is 4.90 Å². The highest BCUT2D eigenvalue weighted by Crippen LogP contribution is 2.29. The van der Waals surface area contributed by atoms with E-state index in [2.05, 4.69) is 4.90 Å². The van der Waals surface area contributed by atoms with Gasteiger partial charge in [-0.15, -0.1) is 0 Å². The lowest BCUT2D eigenvalue weighted by atomic mass is 9.93. The zero-order chi connectivity index (χ0) is 13.3. The smallest absolute Gasteiger partial charge is 0.376 e. The Morgan fingerprint density at radius 3 is 2.72 bits per heavy atom. The largest absolute Gasteiger partial charge is 0.458 e. The highest BCUT2D eigenvalue weighted by Gasteiger charge is 2.41. The maximum atomic E-state index is 12.8. The van der Waals surface area contributed by atoms with Gasteiger partial charge in [-0.3, -0.25) is 4.90 Å². The van der Waals surface area contributed by atoms with Crippen LogP contribution in [0.5, 0.6) is 0 Å². The molecule has 0 N–H and O–H groups in total. The second kappa shape index (κ2) is 5.09. The molecule has 2 rings (SSSR count). The van der Waals surface area contributed by atoms with Crippen molar-refractivity contribution >= 4 is 5.97 Å². The van der Waals surface area contributed by atoms with Gasteiger partial charge in [0.05, 0.1) is 6.61 Å². The molecule has 2 heterocycles. The molecule has 6 heteroatoms. The first-order valence-corrected chi connectivity index (χ1v) is 6.26. The number of esters is 1. The fraction of sp³-hybridized carbons (Fsp3) is 0.917. The van der Waals surface area contributed by atoms with E-state index in [1.165, 1.54) is 0 Å². The van der Waals surface area contributed by atoms with Crippen LogP contribution in [-0.4, -0.2) is 55.2 Å². The Hall–Kier alpha value is -0.750. The fourth-order valence-electron chi connectivity index (χ4n) is 2.63. The topological polar surface area (TPSA) is 38.8 Å². The number of piperidine rings is 1. The molecule has 2 aliphatic heterocycles. The first-order valence-electron chi connectivity index (χ1n) is 6.26. The monoisotopic (exact) mass is 263 g/mol. The molecule has 0 amide bonds. The first-order chi connectivity index (χ1) is 8.38. The third-order valence-corrected chi connectivity index (χ3v) is 3.76. The summed E-state index contributed by atoms with van der Waals surface area (Å²) in [7, 11) is 2.01. The number of carbonyl (C=O) groups excluding carboxylic acids is 1. The van der Waals surface area contributed by atoms with Gasteiger partial charge in [-0.1, -0.05) is 0 Å². The van der Waals surface area contributed by atoms with Gasteiger partial charge in [0.1, 0.15) is 6.10 Å². The number of hydrogen-bond acceptors (Lipinski definition) is 4. The second-order valence-electron chi connectivity index (χ2n) is 5.22. The number of ether oxygens (including phenoxy) is 2. The maximum Gasteiger partial charge on any atom is 0.376 e. The molecule has 0 aliphatic carbocycles. The molecule has 0 spiro atoms. The van der Waals surface area contributed by atoms with Gasteiger partial charge < -0.3 is 9.47 Å². The van der Waals surface area contributed by atoms with Crippen LogP contribution < -0.4 is 0 Å². The van der Waals surface area contributed by atoms with Gasteiger partial charge in [-0.2, -0.15) is 8.78 Å². The molecule has 4 nitrogen and oxygen atoms in total. The lowest BCUT2D eigenvalue weighted by Gasteiger charge is -2.40. The molecule has 18 heavy (non-hydrogen) atoms. The van der Waals surface area contributed by atoms with Crippen LogP contribution in [-0.2, 0) is 14.3 Å². The SMILES string of the molecule is CN1C2CCOCC1CC(OC(=O)C(C)(F)F)C2. The summed E-state index contributed by atoms with van der Waals surface area (Å²) in [5.74, 6) is -4.83. The number of hydrogen-bond donors (Lipinski definition) is 0. The maximum absolute atomic E-state index is 12.8. The number of carbonyl (C=O) groups is 1. The van der Waals surface area contributed by atoms with E-state index in [0.717, 1.165) is 6.42 Å². The summed E-state index contributed by atoms with van der Waals surface area (Å²) in [5.41, 5.74) is 0. The molecule has 3 atom stereocenters. The Bertz CT molecular complexity index is 303. The van der Waals surface area contributed by atoms with Crippen LogP contribution in [0.25, 0.3) is 0 Å². The fourth-order valence-corrected chi connectivity index (χ4v) is 2.63. The zero-order valence-electron chi connectivity index (χ0n) is 10.7. The third kappa shape index (κ3) is 2.98. The predicted octanol–water partition coefficient (Wildman–Crippen LogP) is 1.44. The van der Waals surface area contributed by atoms with Gasteiger partial charge in [-0.25, -0.2) is 4.79 Å². The molecule has 2 fully saturated rings. The minimum Gasteiger partial charge on any atom is -0.458 e. The van der Waals surface area contributed by atoms with Gasteiger partial charge in [-0.05, 0) is 13.5 Å². The molecule has 0 radical (unpaired) electrons. The summed E-state index contributed by atoms with van der Waals surface area (Å²) < 4.78 is 36.0. The third-order valence-electron chi connectivity index (χ3n) is 3.76. The molecular weight excluding hydrogens is 244 g/mol. The number of halogens is 2. The number of nitrogens with zero attached hydrogens (tertiary/aromatic N) is 1. The molecule has 2 saturated heterocycles. The number of alkyl halides is 2. The standard InChI is InChI=1S/C12H19F2NO3/c1-12(13,14)11(16)18-10-5-8-3-4-17-7-9(6-10)15(8)2/h8-10H,3-7H2,1-2H3. The summed E-state index contributed by atoms with van der Waals surface area (Å²) in [5, 5.41) is 0. The van der Waals surface area contributed by atoms with Crippen LogP contribution >= 0.6 is 0 Å². The van der Waals surface area contributed by atoms with E-state index in [-0.39, 0.29) is 12.1 Å². The van der Waals surface area contributed by atoms with E-state index >= 15 is 0 Å². The molecule has 2 bridgehead atoms. The van der Waals surface area contributed by atoms with Crippen molar-refractivity contribution < 1.29 is 23.0 Å². The van der Waals surface area contributed by atoms with E-state index < -0.39 is 18.0 Å². The van der Waals surface area contributed by atoms with E-state index in [4.69, 9.17) is 9.47 Å². The van der Waals surface area contributed by atoms with Gasteiger partial charge in [0.2, 0.25) is 0 Å². The molecular formula is C12H19F2NO3. The first kappa shape index (κ1) is 13.7. The van der Waals surface area contributed by atoms with Crippen LogP contribution in [0.2, 0.25) is 0 Å². The van der Waals surface area contributed by atoms with Crippen molar-refractivity contribution in [3.8, 4) is 0 Å². The number of fused-ring (bicyclic) bond motifs is 2. The van der Waals surface area contributed by atoms with Crippen LogP contribution in [0.15, 0.2) is 0 Å². The zero-order valence-corrected chi connectivity index (χ0v) is 10.7. The number of rotatable bonds is 2. The average molecular weight is 263 g/mol. The van der Waals surface area contributed by atoms with Crippen LogP contribution in [0.3, 0.4) is 0 Å².